The fourth-order valence-corrected chi connectivity index (χ4v) is 4.93. The molecule has 1 unspecified atom stereocenters. The topological polar surface area (TPSA) is 96.2 Å². The van der Waals surface area contributed by atoms with Crippen molar-refractivity contribution >= 4 is 17.7 Å². The molecule has 5 rings (SSSR count). The first-order chi connectivity index (χ1) is 19.5. The number of carboxylic acid groups (broad SMARTS) is 1. The van der Waals surface area contributed by atoms with E-state index in [1.54, 1.807) is 0 Å². The predicted octanol–water partition coefficient (Wildman–Crippen LogP) is 6.31. The van der Waals surface area contributed by atoms with Gasteiger partial charge in [0.1, 0.15) is 6.04 Å². The number of nitrogens with zero attached hydrogens (tertiary/aromatic N) is 2. The average molecular weight is 531 g/mol. The molecule has 2 amide bonds. The summed E-state index contributed by atoms with van der Waals surface area (Å²) in [5.74, 6) is -0.962. The summed E-state index contributed by atoms with van der Waals surface area (Å²) in [6.45, 7) is 2.72. The minimum atomic E-state index is -1.27. The summed E-state index contributed by atoms with van der Waals surface area (Å²) in [5.41, 5.74) is 6.43. The summed E-state index contributed by atoms with van der Waals surface area (Å²) in [6.07, 6.45) is 0.582. The smallest absolute Gasteiger partial charge is 0.405 e. The Balaban J connectivity index is 1.37. The van der Waals surface area contributed by atoms with Gasteiger partial charge in [0, 0.05) is 22.9 Å². The molecule has 5 aromatic rings. The lowest BCUT2D eigenvalue weighted by atomic mass is 9.84. The van der Waals surface area contributed by atoms with Gasteiger partial charge in [0.2, 0.25) is 5.91 Å². The van der Waals surface area contributed by atoms with Crippen LogP contribution in [-0.2, 0) is 11.3 Å². The first-order valence-corrected chi connectivity index (χ1v) is 13.1. The SMILES string of the molecule is Cc1c(-c2ccc(NC(=O)C(NC(=O)O)C(c3ccccc3)c3ccccc3)cc2)cnn1Cc1ccccc1. The van der Waals surface area contributed by atoms with Crippen LogP contribution in [-0.4, -0.2) is 32.9 Å². The Bertz CT molecular complexity index is 1530. The first kappa shape index (κ1) is 26.4. The molecule has 1 aromatic heterocycles. The van der Waals surface area contributed by atoms with Crippen molar-refractivity contribution in [1.29, 1.82) is 0 Å². The lowest BCUT2D eigenvalue weighted by Crippen LogP contribution is -2.47. The molecule has 0 aliphatic heterocycles. The molecule has 0 saturated heterocycles. The number of aromatic nitrogens is 2. The Morgan fingerprint density at radius 2 is 1.35 bits per heavy atom. The molecule has 0 radical (unpaired) electrons. The van der Waals surface area contributed by atoms with Gasteiger partial charge in [-0.1, -0.05) is 103 Å². The van der Waals surface area contributed by atoms with Crippen LogP contribution < -0.4 is 10.6 Å². The van der Waals surface area contributed by atoms with Crippen LogP contribution in [0.2, 0.25) is 0 Å². The van der Waals surface area contributed by atoms with E-state index >= 15 is 0 Å². The Hall–Kier alpha value is -5.17. The minimum absolute atomic E-state index is 0.445. The number of carbonyl (C=O) groups excluding carboxylic acids is 1. The molecule has 0 spiro atoms. The third-order valence-electron chi connectivity index (χ3n) is 6.95. The van der Waals surface area contributed by atoms with Crippen molar-refractivity contribution in [2.45, 2.75) is 25.4 Å². The van der Waals surface area contributed by atoms with E-state index < -0.39 is 24.0 Å². The molecule has 7 heteroatoms. The van der Waals surface area contributed by atoms with E-state index in [9.17, 15) is 14.7 Å². The Kier molecular flexibility index (Phi) is 8.02. The molecule has 3 N–H and O–H groups in total. The molecule has 0 aliphatic carbocycles. The zero-order chi connectivity index (χ0) is 27.9. The summed E-state index contributed by atoms with van der Waals surface area (Å²) >= 11 is 0. The van der Waals surface area contributed by atoms with Crippen LogP contribution in [0.25, 0.3) is 11.1 Å². The lowest BCUT2D eigenvalue weighted by molar-refractivity contribution is -0.118. The van der Waals surface area contributed by atoms with E-state index in [2.05, 4.69) is 27.9 Å². The zero-order valence-corrected chi connectivity index (χ0v) is 22.1. The highest BCUT2D eigenvalue weighted by Crippen LogP contribution is 2.30. The third kappa shape index (κ3) is 6.10. The third-order valence-corrected chi connectivity index (χ3v) is 6.95. The van der Waals surface area contributed by atoms with Crippen LogP contribution in [0.1, 0.15) is 28.3 Å². The molecular formula is C33H30N4O3. The summed E-state index contributed by atoms with van der Waals surface area (Å²) in [7, 11) is 0. The van der Waals surface area contributed by atoms with Gasteiger partial charge in [0.25, 0.3) is 0 Å². The molecule has 200 valence electrons. The van der Waals surface area contributed by atoms with E-state index in [0.717, 1.165) is 27.9 Å². The van der Waals surface area contributed by atoms with Crippen LogP contribution in [0.3, 0.4) is 0 Å². The molecule has 4 aromatic carbocycles. The fourth-order valence-electron chi connectivity index (χ4n) is 4.93. The van der Waals surface area contributed by atoms with Crippen molar-refractivity contribution in [3.05, 3.63) is 144 Å². The summed E-state index contributed by atoms with van der Waals surface area (Å²) < 4.78 is 1.97. The monoisotopic (exact) mass is 530 g/mol. The molecule has 1 atom stereocenters. The second kappa shape index (κ2) is 12.1. The van der Waals surface area contributed by atoms with Gasteiger partial charge in [0.05, 0.1) is 12.7 Å². The molecule has 40 heavy (non-hydrogen) atoms. The van der Waals surface area contributed by atoms with E-state index in [1.807, 2.05) is 121 Å². The molecule has 0 fully saturated rings. The van der Waals surface area contributed by atoms with Crippen LogP contribution in [0.4, 0.5) is 10.5 Å². The van der Waals surface area contributed by atoms with Crippen LogP contribution in [0.15, 0.2) is 121 Å². The van der Waals surface area contributed by atoms with Crippen molar-refractivity contribution in [3.8, 4) is 11.1 Å². The van der Waals surface area contributed by atoms with E-state index in [1.165, 1.54) is 5.56 Å². The highest BCUT2D eigenvalue weighted by atomic mass is 16.4. The first-order valence-electron chi connectivity index (χ1n) is 13.1. The number of benzene rings is 4. The van der Waals surface area contributed by atoms with Crippen molar-refractivity contribution in [1.82, 2.24) is 15.1 Å². The Morgan fingerprint density at radius 1 is 0.800 bits per heavy atom. The number of hydrogen-bond acceptors (Lipinski definition) is 3. The van der Waals surface area contributed by atoms with Gasteiger partial charge in [-0.2, -0.15) is 5.10 Å². The largest absolute Gasteiger partial charge is 0.465 e. The van der Waals surface area contributed by atoms with Gasteiger partial charge in [-0.3, -0.25) is 9.48 Å². The van der Waals surface area contributed by atoms with Crippen molar-refractivity contribution < 1.29 is 14.7 Å². The zero-order valence-electron chi connectivity index (χ0n) is 22.1. The number of rotatable bonds is 9. The maximum Gasteiger partial charge on any atom is 0.405 e. The highest BCUT2D eigenvalue weighted by Gasteiger charge is 2.32. The van der Waals surface area contributed by atoms with Gasteiger partial charge in [-0.05, 0) is 41.3 Å². The lowest BCUT2D eigenvalue weighted by Gasteiger charge is -2.27. The standard InChI is InChI=1S/C33H30N4O3/c1-23-29(21-34-37(23)22-24-11-5-2-6-12-24)25-17-19-28(20-18-25)35-32(38)31(36-33(39)40)30(26-13-7-3-8-14-26)27-15-9-4-10-16-27/h2-21,30-31,36H,22H2,1H3,(H,35,38)(H,39,40). The maximum atomic E-state index is 13.6. The van der Waals surface area contributed by atoms with Gasteiger partial charge in [0.15, 0.2) is 0 Å². The molecule has 1 heterocycles. The number of carbonyl (C=O) groups is 2. The van der Waals surface area contributed by atoms with Crippen LogP contribution in [0.5, 0.6) is 0 Å². The summed E-state index contributed by atoms with van der Waals surface area (Å²) in [4.78, 5) is 25.4. The Morgan fingerprint density at radius 3 is 1.90 bits per heavy atom. The summed E-state index contributed by atoms with van der Waals surface area (Å²) in [5, 5.41) is 19.6. The minimum Gasteiger partial charge on any atom is -0.465 e. The van der Waals surface area contributed by atoms with Crippen molar-refractivity contribution in [3.63, 3.8) is 0 Å². The van der Waals surface area contributed by atoms with Gasteiger partial charge in [-0.25, -0.2) is 4.79 Å². The molecule has 7 nitrogen and oxygen atoms in total. The van der Waals surface area contributed by atoms with Gasteiger partial charge in [-0.15, -0.1) is 0 Å². The average Bonchev–Trinajstić information content (AvgIpc) is 3.34. The quantitative estimate of drug-likeness (QED) is 0.208. The molecule has 0 aliphatic rings. The number of hydrogen-bond donors (Lipinski definition) is 3. The number of amides is 2. The molecular weight excluding hydrogens is 500 g/mol. The van der Waals surface area contributed by atoms with Gasteiger partial charge < -0.3 is 15.7 Å². The number of nitrogens with one attached hydrogen (secondary N) is 2. The van der Waals surface area contributed by atoms with Crippen molar-refractivity contribution in [2.75, 3.05) is 5.32 Å². The van der Waals surface area contributed by atoms with Crippen LogP contribution >= 0.6 is 0 Å². The molecule has 0 bridgehead atoms. The van der Waals surface area contributed by atoms with Gasteiger partial charge >= 0.3 is 6.09 Å². The second-order valence-corrected chi connectivity index (χ2v) is 9.58. The van der Waals surface area contributed by atoms with Crippen LogP contribution in [0, 0.1) is 6.92 Å². The normalized spacial score (nSPS) is 11.7. The van der Waals surface area contributed by atoms with Crippen molar-refractivity contribution in [2.24, 2.45) is 0 Å². The molecule has 0 saturated carbocycles. The predicted molar refractivity (Wildman–Crippen MR) is 156 cm³/mol. The highest BCUT2D eigenvalue weighted by molar-refractivity contribution is 5.97. The number of anilines is 1. The van der Waals surface area contributed by atoms with E-state index in [4.69, 9.17) is 0 Å². The Labute approximate surface area is 233 Å². The van der Waals surface area contributed by atoms with E-state index in [-0.39, 0.29) is 0 Å². The second-order valence-electron chi connectivity index (χ2n) is 9.58. The fraction of sp³-hybridized carbons (Fsp3) is 0.121. The summed E-state index contributed by atoms with van der Waals surface area (Å²) in [6, 6.07) is 35.5. The van der Waals surface area contributed by atoms with E-state index in [0.29, 0.717) is 12.2 Å². The maximum absolute atomic E-state index is 13.6.